The first-order valence-corrected chi connectivity index (χ1v) is 8.43. The van der Waals surface area contributed by atoms with Crippen LogP contribution in [-0.4, -0.2) is 60.9 Å². The third-order valence-electron chi connectivity index (χ3n) is 3.36. The highest BCUT2D eigenvalue weighted by Crippen LogP contribution is 2.08. The summed E-state index contributed by atoms with van der Waals surface area (Å²) in [5.74, 6) is 0.424. The normalized spacial score (nSPS) is 15.3. The van der Waals surface area contributed by atoms with Gasteiger partial charge in [0.25, 0.3) is 0 Å². The minimum Gasteiger partial charge on any atom is -0.357 e. The SMILES string of the molecule is CCNC(=NCC(=O)NC(C)(C)C)NCC(=O)N1CCCCC1.I. The largest absolute Gasteiger partial charge is 0.357 e. The molecule has 0 atom stereocenters. The first-order chi connectivity index (χ1) is 10.8. The molecule has 2 amide bonds. The molecule has 3 N–H and O–H groups in total. The summed E-state index contributed by atoms with van der Waals surface area (Å²) in [6.45, 7) is 10.3. The summed E-state index contributed by atoms with van der Waals surface area (Å²) in [6, 6.07) is 0. The van der Waals surface area contributed by atoms with Crippen LogP contribution in [0, 0.1) is 0 Å². The molecule has 1 saturated heterocycles. The average molecular weight is 453 g/mol. The van der Waals surface area contributed by atoms with Crippen molar-refractivity contribution in [2.45, 2.75) is 52.5 Å². The van der Waals surface area contributed by atoms with Gasteiger partial charge in [-0.2, -0.15) is 0 Å². The van der Waals surface area contributed by atoms with Crippen molar-refractivity contribution in [2.75, 3.05) is 32.7 Å². The van der Waals surface area contributed by atoms with E-state index >= 15 is 0 Å². The maximum atomic E-state index is 12.1. The van der Waals surface area contributed by atoms with Crippen LogP contribution in [0.15, 0.2) is 4.99 Å². The summed E-state index contributed by atoms with van der Waals surface area (Å²) in [7, 11) is 0. The monoisotopic (exact) mass is 453 g/mol. The number of carbonyl (C=O) groups excluding carboxylic acids is 2. The van der Waals surface area contributed by atoms with Gasteiger partial charge in [0, 0.05) is 25.2 Å². The number of amides is 2. The minimum atomic E-state index is -0.275. The van der Waals surface area contributed by atoms with E-state index in [1.807, 2.05) is 32.6 Å². The van der Waals surface area contributed by atoms with E-state index in [0.29, 0.717) is 12.5 Å². The average Bonchev–Trinajstić information content (AvgIpc) is 2.49. The Bertz CT molecular complexity index is 429. The molecule has 0 saturated carbocycles. The number of carbonyl (C=O) groups is 2. The first-order valence-electron chi connectivity index (χ1n) is 8.43. The van der Waals surface area contributed by atoms with Crippen molar-refractivity contribution in [3.8, 4) is 0 Å². The number of nitrogens with one attached hydrogen (secondary N) is 3. The Morgan fingerprint density at radius 1 is 1.08 bits per heavy atom. The second kappa shape index (κ2) is 11.5. The first kappa shape index (κ1) is 22.9. The fraction of sp³-hybridized carbons (Fsp3) is 0.812. The van der Waals surface area contributed by atoms with Crippen LogP contribution in [0.25, 0.3) is 0 Å². The maximum Gasteiger partial charge on any atom is 0.242 e. The van der Waals surface area contributed by atoms with Crippen LogP contribution in [0.5, 0.6) is 0 Å². The molecular formula is C16H32IN5O2. The van der Waals surface area contributed by atoms with Gasteiger partial charge >= 0.3 is 0 Å². The van der Waals surface area contributed by atoms with Crippen LogP contribution in [0.2, 0.25) is 0 Å². The van der Waals surface area contributed by atoms with Crippen molar-refractivity contribution in [1.82, 2.24) is 20.9 Å². The molecule has 1 rings (SSSR count). The molecule has 0 aromatic rings. The van der Waals surface area contributed by atoms with Gasteiger partial charge in [0.05, 0.1) is 6.54 Å². The van der Waals surface area contributed by atoms with Gasteiger partial charge in [0.2, 0.25) is 11.8 Å². The molecule has 0 aromatic carbocycles. The van der Waals surface area contributed by atoms with Crippen molar-refractivity contribution in [3.05, 3.63) is 0 Å². The quantitative estimate of drug-likeness (QED) is 0.331. The van der Waals surface area contributed by atoms with E-state index in [9.17, 15) is 9.59 Å². The van der Waals surface area contributed by atoms with Gasteiger partial charge < -0.3 is 20.9 Å². The van der Waals surface area contributed by atoms with Gasteiger partial charge in [-0.15, -0.1) is 24.0 Å². The molecule has 0 bridgehead atoms. The molecule has 0 aliphatic carbocycles. The van der Waals surface area contributed by atoms with Crippen LogP contribution in [0.1, 0.15) is 47.0 Å². The maximum absolute atomic E-state index is 12.1. The summed E-state index contributed by atoms with van der Waals surface area (Å²) >= 11 is 0. The van der Waals surface area contributed by atoms with E-state index in [1.54, 1.807) is 0 Å². The predicted octanol–water partition coefficient (Wildman–Crippen LogP) is 1.09. The summed E-state index contributed by atoms with van der Waals surface area (Å²) in [4.78, 5) is 30.0. The molecule has 8 heteroatoms. The number of hydrogen-bond donors (Lipinski definition) is 3. The van der Waals surface area contributed by atoms with Crippen LogP contribution in [0.3, 0.4) is 0 Å². The van der Waals surface area contributed by atoms with Gasteiger partial charge in [0.1, 0.15) is 6.54 Å². The van der Waals surface area contributed by atoms with E-state index in [2.05, 4.69) is 20.9 Å². The van der Waals surface area contributed by atoms with Gasteiger partial charge in [-0.3, -0.25) is 9.59 Å². The smallest absolute Gasteiger partial charge is 0.242 e. The topological polar surface area (TPSA) is 85.8 Å². The van der Waals surface area contributed by atoms with E-state index in [0.717, 1.165) is 25.9 Å². The summed E-state index contributed by atoms with van der Waals surface area (Å²) in [6.07, 6.45) is 3.35. The van der Waals surface area contributed by atoms with Crippen molar-refractivity contribution in [3.63, 3.8) is 0 Å². The van der Waals surface area contributed by atoms with E-state index < -0.39 is 0 Å². The lowest BCUT2D eigenvalue weighted by Gasteiger charge is -2.27. The van der Waals surface area contributed by atoms with Crippen molar-refractivity contribution >= 4 is 41.8 Å². The Balaban J connectivity index is 0.00000529. The Morgan fingerprint density at radius 3 is 2.25 bits per heavy atom. The van der Waals surface area contributed by atoms with Gasteiger partial charge in [-0.25, -0.2) is 4.99 Å². The molecule has 0 aromatic heterocycles. The summed E-state index contributed by atoms with van der Waals surface area (Å²) in [5.41, 5.74) is -0.275. The number of rotatable bonds is 5. The lowest BCUT2D eigenvalue weighted by Crippen LogP contribution is -2.46. The summed E-state index contributed by atoms with van der Waals surface area (Å²) in [5, 5.41) is 8.91. The second-order valence-corrected chi connectivity index (χ2v) is 6.79. The fourth-order valence-corrected chi connectivity index (χ4v) is 2.36. The van der Waals surface area contributed by atoms with Crippen molar-refractivity contribution in [2.24, 2.45) is 4.99 Å². The zero-order valence-corrected chi connectivity index (χ0v) is 17.6. The zero-order valence-electron chi connectivity index (χ0n) is 15.3. The highest BCUT2D eigenvalue weighted by Gasteiger charge is 2.17. The fourth-order valence-electron chi connectivity index (χ4n) is 2.36. The molecule has 1 aliphatic rings. The third kappa shape index (κ3) is 9.94. The lowest BCUT2D eigenvalue weighted by molar-refractivity contribution is -0.130. The molecule has 7 nitrogen and oxygen atoms in total. The Kier molecular flexibility index (Phi) is 11.0. The molecule has 140 valence electrons. The Labute approximate surface area is 162 Å². The van der Waals surface area contributed by atoms with Gasteiger partial charge in [-0.1, -0.05) is 0 Å². The Morgan fingerprint density at radius 2 is 1.71 bits per heavy atom. The standard InChI is InChI=1S/C16H31N5O2.HI/c1-5-17-15(18-11-13(22)20-16(2,3)4)19-12-14(23)21-9-7-6-8-10-21;/h5-12H2,1-4H3,(H,20,22)(H2,17,18,19);1H. The van der Waals surface area contributed by atoms with Crippen molar-refractivity contribution in [1.29, 1.82) is 0 Å². The van der Waals surface area contributed by atoms with Gasteiger partial charge in [0.15, 0.2) is 5.96 Å². The number of likely N-dealkylation sites (tertiary alicyclic amines) is 1. The molecule has 1 fully saturated rings. The van der Waals surface area contributed by atoms with Gasteiger partial charge in [-0.05, 0) is 47.0 Å². The molecular weight excluding hydrogens is 421 g/mol. The van der Waals surface area contributed by atoms with Crippen LogP contribution in [-0.2, 0) is 9.59 Å². The molecule has 1 heterocycles. The highest BCUT2D eigenvalue weighted by molar-refractivity contribution is 14.0. The lowest BCUT2D eigenvalue weighted by atomic mass is 10.1. The molecule has 0 spiro atoms. The second-order valence-electron chi connectivity index (χ2n) is 6.79. The number of nitrogens with zero attached hydrogens (tertiary/aromatic N) is 2. The molecule has 24 heavy (non-hydrogen) atoms. The van der Waals surface area contributed by atoms with Crippen LogP contribution in [0.4, 0.5) is 0 Å². The highest BCUT2D eigenvalue weighted by atomic mass is 127. The third-order valence-corrected chi connectivity index (χ3v) is 3.36. The minimum absolute atomic E-state index is 0. The zero-order chi connectivity index (χ0) is 17.3. The Hall–Kier alpha value is -1.06. The number of piperidine rings is 1. The number of aliphatic imine (C=N–C) groups is 1. The van der Waals surface area contributed by atoms with Crippen molar-refractivity contribution < 1.29 is 9.59 Å². The van der Waals surface area contributed by atoms with E-state index in [1.165, 1.54) is 6.42 Å². The van der Waals surface area contributed by atoms with E-state index in [4.69, 9.17) is 0 Å². The number of guanidine groups is 1. The molecule has 0 unspecified atom stereocenters. The van der Waals surface area contributed by atoms with Crippen LogP contribution >= 0.6 is 24.0 Å². The van der Waals surface area contributed by atoms with Crippen LogP contribution < -0.4 is 16.0 Å². The predicted molar refractivity (Wildman–Crippen MR) is 108 cm³/mol. The number of halogens is 1. The molecule has 1 aliphatic heterocycles. The molecule has 0 radical (unpaired) electrons. The summed E-state index contributed by atoms with van der Waals surface area (Å²) < 4.78 is 0. The number of hydrogen-bond acceptors (Lipinski definition) is 3. The van der Waals surface area contributed by atoms with E-state index in [-0.39, 0.29) is 54.4 Å².